The Morgan fingerprint density at radius 2 is 2.17 bits per heavy atom. The van der Waals surface area contributed by atoms with Gasteiger partial charge in [-0.3, -0.25) is 9.59 Å². The van der Waals surface area contributed by atoms with Gasteiger partial charge in [0, 0.05) is 13.0 Å². The van der Waals surface area contributed by atoms with E-state index in [0.717, 1.165) is 0 Å². The van der Waals surface area contributed by atoms with Crippen LogP contribution in [0.2, 0.25) is 0 Å². The molecule has 1 amide bonds. The molecule has 0 aromatic rings. The zero-order chi connectivity index (χ0) is 9.56. The van der Waals surface area contributed by atoms with Crippen LogP contribution in [0.3, 0.4) is 0 Å². The molecule has 70 valence electrons. The molecule has 0 aliphatic carbocycles. The number of carboxylic acid groups (broad SMARTS) is 1. The van der Waals surface area contributed by atoms with Crippen molar-refractivity contribution in [1.82, 2.24) is 5.32 Å². The second kappa shape index (κ2) is 5.83. The van der Waals surface area contributed by atoms with Gasteiger partial charge in [-0.15, -0.1) is 11.6 Å². The Kier molecular flexibility index (Phi) is 5.45. The number of carboxylic acids is 1. The molecule has 0 heterocycles. The molecule has 0 bridgehead atoms. The molecule has 0 fully saturated rings. The van der Waals surface area contributed by atoms with Crippen LogP contribution in [0.1, 0.15) is 19.8 Å². The molecule has 0 rings (SSSR count). The van der Waals surface area contributed by atoms with E-state index in [1.165, 1.54) is 0 Å². The first-order chi connectivity index (χ1) is 5.54. The number of amides is 1. The summed E-state index contributed by atoms with van der Waals surface area (Å²) in [4.78, 5) is 20.8. The van der Waals surface area contributed by atoms with Crippen molar-refractivity contribution in [3.05, 3.63) is 0 Å². The van der Waals surface area contributed by atoms with Crippen molar-refractivity contribution in [2.45, 2.75) is 25.1 Å². The summed E-state index contributed by atoms with van der Waals surface area (Å²) in [6.07, 6.45) is 0.502. The second-order valence-electron chi connectivity index (χ2n) is 2.40. The first-order valence-corrected chi connectivity index (χ1v) is 4.11. The number of hydrogen-bond acceptors (Lipinski definition) is 2. The van der Waals surface area contributed by atoms with Crippen molar-refractivity contribution in [2.24, 2.45) is 0 Å². The van der Waals surface area contributed by atoms with Crippen LogP contribution >= 0.6 is 11.6 Å². The molecule has 2 N–H and O–H groups in total. The quantitative estimate of drug-likeness (QED) is 0.496. The summed E-state index contributed by atoms with van der Waals surface area (Å²) in [5, 5.41) is 10.2. The zero-order valence-electron chi connectivity index (χ0n) is 6.84. The van der Waals surface area contributed by atoms with E-state index in [0.29, 0.717) is 13.0 Å². The van der Waals surface area contributed by atoms with Gasteiger partial charge in [-0.05, 0) is 13.3 Å². The van der Waals surface area contributed by atoms with E-state index >= 15 is 0 Å². The maximum Gasteiger partial charge on any atom is 0.303 e. The number of halogens is 1. The highest BCUT2D eigenvalue weighted by molar-refractivity contribution is 6.30. The highest BCUT2D eigenvalue weighted by Crippen LogP contribution is 1.93. The van der Waals surface area contributed by atoms with Crippen LogP contribution in [-0.2, 0) is 9.59 Å². The number of hydrogen-bond donors (Lipinski definition) is 2. The topological polar surface area (TPSA) is 66.4 Å². The van der Waals surface area contributed by atoms with Gasteiger partial charge in [0.25, 0.3) is 0 Å². The minimum Gasteiger partial charge on any atom is -0.481 e. The summed E-state index contributed by atoms with van der Waals surface area (Å²) in [5.74, 6) is -1.12. The maximum absolute atomic E-state index is 10.8. The van der Waals surface area contributed by atoms with Crippen LogP contribution in [0.15, 0.2) is 0 Å². The summed E-state index contributed by atoms with van der Waals surface area (Å²) < 4.78 is 0. The second-order valence-corrected chi connectivity index (χ2v) is 3.06. The van der Waals surface area contributed by atoms with E-state index in [1.54, 1.807) is 6.92 Å². The van der Waals surface area contributed by atoms with Gasteiger partial charge in [0.2, 0.25) is 5.91 Å². The Hall–Kier alpha value is -0.770. The van der Waals surface area contributed by atoms with Gasteiger partial charge >= 0.3 is 5.97 Å². The molecule has 4 nitrogen and oxygen atoms in total. The van der Waals surface area contributed by atoms with Crippen LogP contribution in [0.25, 0.3) is 0 Å². The number of rotatable bonds is 5. The maximum atomic E-state index is 10.8. The lowest BCUT2D eigenvalue weighted by atomic mass is 10.3. The normalized spacial score (nSPS) is 12.2. The molecular formula is C7H12ClNO3. The summed E-state index contributed by atoms with van der Waals surface area (Å²) in [6, 6.07) is 0. The standard InChI is InChI=1S/C7H12ClNO3/c1-5(8)7(12)9-4-2-3-6(10)11/h5H,2-4H2,1H3,(H,9,12)(H,10,11). The van der Waals surface area contributed by atoms with Gasteiger partial charge < -0.3 is 10.4 Å². The van der Waals surface area contributed by atoms with E-state index in [-0.39, 0.29) is 12.3 Å². The fourth-order valence-corrected chi connectivity index (χ4v) is 0.669. The molecule has 0 aromatic heterocycles. The Morgan fingerprint density at radius 3 is 2.58 bits per heavy atom. The van der Waals surface area contributed by atoms with Gasteiger partial charge in [-0.25, -0.2) is 0 Å². The van der Waals surface area contributed by atoms with Gasteiger partial charge in [0.1, 0.15) is 5.38 Å². The van der Waals surface area contributed by atoms with Crippen LogP contribution in [0.5, 0.6) is 0 Å². The zero-order valence-corrected chi connectivity index (χ0v) is 7.60. The molecule has 0 saturated heterocycles. The van der Waals surface area contributed by atoms with E-state index < -0.39 is 11.3 Å². The average molecular weight is 194 g/mol. The average Bonchev–Trinajstić information content (AvgIpc) is 1.97. The summed E-state index contributed by atoms with van der Waals surface area (Å²) in [5.41, 5.74) is 0. The van der Waals surface area contributed by atoms with Crippen LogP contribution in [0.4, 0.5) is 0 Å². The third kappa shape index (κ3) is 5.97. The number of nitrogens with one attached hydrogen (secondary N) is 1. The monoisotopic (exact) mass is 193 g/mol. The minimum atomic E-state index is -0.858. The van der Waals surface area contributed by atoms with Gasteiger partial charge in [0.05, 0.1) is 0 Å². The van der Waals surface area contributed by atoms with Gasteiger partial charge in [-0.1, -0.05) is 0 Å². The predicted molar refractivity (Wildman–Crippen MR) is 45.2 cm³/mol. The highest BCUT2D eigenvalue weighted by atomic mass is 35.5. The van der Waals surface area contributed by atoms with Crippen molar-refractivity contribution in [2.75, 3.05) is 6.54 Å². The Bertz CT molecular complexity index is 170. The highest BCUT2D eigenvalue weighted by Gasteiger charge is 2.07. The molecule has 1 unspecified atom stereocenters. The van der Waals surface area contributed by atoms with Crippen molar-refractivity contribution in [3.8, 4) is 0 Å². The Labute approximate surface area is 75.9 Å². The molecule has 0 spiro atoms. The Morgan fingerprint density at radius 1 is 1.58 bits per heavy atom. The molecule has 5 heteroatoms. The minimum absolute atomic E-state index is 0.0664. The van der Waals surface area contributed by atoms with Crippen LogP contribution in [0, 0.1) is 0 Å². The van der Waals surface area contributed by atoms with Gasteiger partial charge in [-0.2, -0.15) is 0 Å². The molecule has 0 radical (unpaired) electrons. The number of carbonyl (C=O) groups is 2. The fourth-order valence-electron chi connectivity index (χ4n) is 0.592. The predicted octanol–water partition coefficient (Wildman–Crippen LogP) is 0.595. The van der Waals surface area contributed by atoms with Crippen LogP contribution in [-0.4, -0.2) is 28.9 Å². The van der Waals surface area contributed by atoms with E-state index in [2.05, 4.69) is 5.32 Å². The number of alkyl halides is 1. The number of aliphatic carboxylic acids is 1. The molecule has 1 atom stereocenters. The van der Waals surface area contributed by atoms with Crippen molar-refractivity contribution in [3.63, 3.8) is 0 Å². The molecule has 0 aromatic carbocycles. The first-order valence-electron chi connectivity index (χ1n) is 3.67. The van der Waals surface area contributed by atoms with E-state index in [9.17, 15) is 9.59 Å². The van der Waals surface area contributed by atoms with Crippen molar-refractivity contribution >= 4 is 23.5 Å². The third-order valence-corrected chi connectivity index (χ3v) is 1.43. The van der Waals surface area contributed by atoms with Crippen molar-refractivity contribution < 1.29 is 14.7 Å². The number of carbonyl (C=O) groups excluding carboxylic acids is 1. The van der Waals surface area contributed by atoms with E-state index in [4.69, 9.17) is 16.7 Å². The van der Waals surface area contributed by atoms with Crippen molar-refractivity contribution in [1.29, 1.82) is 0 Å². The molecule has 0 aliphatic rings. The SMILES string of the molecule is CC(Cl)C(=O)NCCCC(=O)O. The molecule has 0 saturated carbocycles. The lowest BCUT2D eigenvalue weighted by Crippen LogP contribution is -2.30. The van der Waals surface area contributed by atoms with Crippen LogP contribution < -0.4 is 5.32 Å². The summed E-state index contributed by atoms with van der Waals surface area (Å²) in [6.45, 7) is 1.93. The lowest BCUT2D eigenvalue weighted by Gasteiger charge is -2.04. The van der Waals surface area contributed by atoms with Gasteiger partial charge in [0.15, 0.2) is 0 Å². The Balaban J connectivity index is 3.32. The summed E-state index contributed by atoms with van der Waals surface area (Å²) >= 11 is 5.44. The molecular weight excluding hydrogens is 182 g/mol. The first kappa shape index (κ1) is 11.2. The third-order valence-electron chi connectivity index (χ3n) is 1.23. The largest absolute Gasteiger partial charge is 0.481 e. The lowest BCUT2D eigenvalue weighted by molar-refractivity contribution is -0.137. The molecule has 0 aliphatic heterocycles. The summed E-state index contributed by atoms with van der Waals surface area (Å²) in [7, 11) is 0. The smallest absolute Gasteiger partial charge is 0.303 e. The molecule has 12 heavy (non-hydrogen) atoms. The fraction of sp³-hybridized carbons (Fsp3) is 0.714. The van der Waals surface area contributed by atoms with E-state index in [1.807, 2.05) is 0 Å².